The Hall–Kier alpha value is -3.48. The number of amides is 2. The minimum absolute atomic E-state index is 0.158. The fraction of sp³-hybridized carbons (Fsp3) is 0.200. The van der Waals surface area contributed by atoms with Crippen LogP contribution in [0.5, 0.6) is 0 Å². The van der Waals surface area contributed by atoms with E-state index in [-0.39, 0.29) is 11.8 Å². The Labute approximate surface area is 157 Å². The first-order valence-corrected chi connectivity index (χ1v) is 8.62. The molecule has 138 valence electrons. The van der Waals surface area contributed by atoms with Gasteiger partial charge in [-0.25, -0.2) is 9.67 Å². The highest BCUT2D eigenvalue weighted by Gasteiger charge is 2.15. The number of benzene rings is 2. The van der Waals surface area contributed by atoms with Gasteiger partial charge >= 0.3 is 0 Å². The number of rotatable bonds is 6. The van der Waals surface area contributed by atoms with Gasteiger partial charge in [0.2, 0.25) is 5.91 Å². The van der Waals surface area contributed by atoms with Gasteiger partial charge in [0, 0.05) is 17.8 Å². The van der Waals surface area contributed by atoms with E-state index in [1.165, 1.54) is 17.3 Å². The van der Waals surface area contributed by atoms with Crippen molar-refractivity contribution in [2.45, 2.75) is 26.4 Å². The molecule has 2 N–H and O–H groups in total. The van der Waals surface area contributed by atoms with Crippen molar-refractivity contribution in [3.8, 4) is 0 Å². The Bertz CT molecular complexity index is 920. The Morgan fingerprint density at radius 3 is 2.63 bits per heavy atom. The van der Waals surface area contributed by atoms with Gasteiger partial charge in [-0.2, -0.15) is 5.10 Å². The standard InChI is InChI=1S/C20H21N5O2/c1-14-6-8-17(9-7-14)20(27)24-18-5-3-4-16(10-18)11-22-19(26)15(2)25-13-21-12-23-25/h3-10,12-13,15H,11H2,1-2H3,(H,22,26)(H,24,27)/t15-/m0/s1. The molecule has 0 spiro atoms. The van der Waals surface area contributed by atoms with Gasteiger partial charge in [0.15, 0.2) is 0 Å². The highest BCUT2D eigenvalue weighted by atomic mass is 16.2. The zero-order valence-electron chi connectivity index (χ0n) is 15.2. The number of hydrogen-bond donors (Lipinski definition) is 2. The Kier molecular flexibility index (Phi) is 5.61. The molecule has 0 radical (unpaired) electrons. The minimum Gasteiger partial charge on any atom is -0.350 e. The van der Waals surface area contributed by atoms with Crippen molar-refractivity contribution >= 4 is 17.5 Å². The van der Waals surface area contributed by atoms with Crippen LogP contribution in [0.1, 0.15) is 34.5 Å². The summed E-state index contributed by atoms with van der Waals surface area (Å²) in [5.41, 5.74) is 3.26. The van der Waals surface area contributed by atoms with Crippen molar-refractivity contribution in [2.24, 2.45) is 0 Å². The van der Waals surface area contributed by atoms with Gasteiger partial charge in [-0.15, -0.1) is 0 Å². The van der Waals surface area contributed by atoms with Crippen LogP contribution in [0.4, 0.5) is 5.69 Å². The second kappa shape index (κ2) is 8.27. The van der Waals surface area contributed by atoms with E-state index in [4.69, 9.17) is 0 Å². The first-order chi connectivity index (χ1) is 13.0. The number of aromatic nitrogens is 3. The van der Waals surface area contributed by atoms with Crippen LogP contribution in [0.25, 0.3) is 0 Å². The van der Waals surface area contributed by atoms with Crippen LogP contribution >= 0.6 is 0 Å². The summed E-state index contributed by atoms with van der Waals surface area (Å²) in [5, 5.41) is 9.71. The van der Waals surface area contributed by atoms with E-state index in [0.717, 1.165) is 11.1 Å². The molecule has 0 aliphatic rings. The second-order valence-corrected chi connectivity index (χ2v) is 6.29. The summed E-state index contributed by atoms with van der Waals surface area (Å²) in [4.78, 5) is 28.4. The SMILES string of the molecule is Cc1ccc(C(=O)Nc2cccc(CNC(=O)[C@H](C)n3cncn3)c2)cc1. The largest absolute Gasteiger partial charge is 0.350 e. The molecule has 3 rings (SSSR count). The molecular weight excluding hydrogens is 342 g/mol. The summed E-state index contributed by atoms with van der Waals surface area (Å²) in [6.45, 7) is 4.08. The summed E-state index contributed by atoms with van der Waals surface area (Å²) in [6.07, 6.45) is 2.90. The van der Waals surface area contributed by atoms with Crippen LogP contribution < -0.4 is 10.6 Å². The second-order valence-electron chi connectivity index (χ2n) is 6.29. The summed E-state index contributed by atoms with van der Waals surface area (Å²) in [6, 6.07) is 14.3. The molecule has 0 fully saturated rings. The van der Waals surface area contributed by atoms with Crippen LogP contribution in [0.3, 0.4) is 0 Å². The number of carbonyl (C=O) groups is 2. The number of nitrogens with zero attached hydrogens (tertiary/aromatic N) is 3. The number of hydrogen-bond acceptors (Lipinski definition) is 4. The Morgan fingerprint density at radius 1 is 1.15 bits per heavy atom. The van der Waals surface area contributed by atoms with Crippen molar-refractivity contribution in [1.82, 2.24) is 20.1 Å². The van der Waals surface area contributed by atoms with Gasteiger partial charge in [-0.05, 0) is 43.7 Å². The first-order valence-electron chi connectivity index (χ1n) is 8.62. The van der Waals surface area contributed by atoms with Crippen LogP contribution in [-0.2, 0) is 11.3 Å². The van der Waals surface area contributed by atoms with Crippen molar-refractivity contribution in [2.75, 3.05) is 5.32 Å². The zero-order valence-corrected chi connectivity index (χ0v) is 15.2. The van der Waals surface area contributed by atoms with E-state index in [1.54, 1.807) is 19.1 Å². The third-order valence-electron chi connectivity index (χ3n) is 4.18. The van der Waals surface area contributed by atoms with Gasteiger partial charge in [-0.1, -0.05) is 29.8 Å². The van der Waals surface area contributed by atoms with Gasteiger partial charge < -0.3 is 10.6 Å². The summed E-state index contributed by atoms with van der Waals surface area (Å²) >= 11 is 0. The lowest BCUT2D eigenvalue weighted by molar-refractivity contribution is -0.124. The lowest BCUT2D eigenvalue weighted by Gasteiger charge is -2.13. The third-order valence-corrected chi connectivity index (χ3v) is 4.18. The maximum Gasteiger partial charge on any atom is 0.255 e. The molecule has 0 saturated carbocycles. The van der Waals surface area contributed by atoms with Gasteiger partial charge in [0.25, 0.3) is 5.91 Å². The van der Waals surface area contributed by atoms with E-state index in [9.17, 15) is 9.59 Å². The van der Waals surface area contributed by atoms with E-state index in [1.807, 2.05) is 43.3 Å². The summed E-state index contributed by atoms with van der Waals surface area (Å²) < 4.78 is 1.49. The molecule has 7 heteroatoms. The molecule has 27 heavy (non-hydrogen) atoms. The molecule has 2 amide bonds. The molecule has 1 aromatic heterocycles. The van der Waals surface area contributed by atoms with Crippen LogP contribution in [-0.4, -0.2) is 26.6 Å². The third kappa shape index (κ3) is 4.78. The van der Waals surface area contributed by atoms with E-state index in [2.05, 4.69) is 20.7 Å². The number of aryl methyl sites for hydroxylation is 1. The number of carbonyl (C=O) groups excluding carboxylic acids is 2. The van der Waals surface area contributed by atoms with Crippen molar-refractivity contribution in [3.05, 3.63) is 77.9 Å². The van der Waals surface area contributed by atoms with Gasteiger partial charge in [0.05, 0.1) is 0 Å². The molecule has 0 bridgehead atoms. The predicted octanol–water partition coefficient (Wildman–Crippen LogP) is 2.72. The normalized spacial score (nSPS) is 11.6. The predicted molar refractivity (Wildman–Crippen MR) is 102 cm³/mol. The monoisotopic (exact) mass is 363 g/mol. The average Bonchev–Trinajstić information content (AvgIpc) is 3.21. The van der Waals surface area contributed by atoms with E-state index >= 15 is 0 Å². The quantitative estimate of drug-likeness (QED) is 0.705. The summed E-state index contributed by atoms with van der Waals surface area (Å²) in [7, 11) is 0. The molecular formula is C20H21N5O2. The Balaban J connectivity index is 1.59. The van der Waals surface area contributed by atoms with Crippen molar-refractivity contribution in [1.29, 1.82) is 0 Å². The molecule has 0 unspecified atom stereocenters. The lowest BCUT2D eigenvalue weighted by atomic mass is 10.1. The fourth-order valence-electron chi connectivity index (χ4n) is 2.54. The molecule has 1 atom stereocenters. The lowest BCUT2D eigenvalue weighted by Crippen LogP contribution is -2.30. The molecule has 0 aliphatic carbocycles. The van der Waals surface area contributed by atoms with Crippen LogP contribution in [0, 0.1) is 6.92 Å². The minimum atomic E-state index is -0.447. The fourth-order valence-corrected chi connectivity index (χ4v) is 2.54. The van der Waals surface area contributed by atoms with E-state index < -0.39 is 6.04 Å². The first kappa shape index (κ1) is 18.3. The van der Waals surface area contributed by atoms with E-state index in [0.29, 0.717) is 17.8 Å². The molecule has 2 aromatic carbocycles. The average molecular weight is 363 g/mol. The maximum atomic E-state index is 12.3. The smallest absolute Gasteiger partial charge is 0.255 e. The maximum absolute atomic E-state index is 12.3. The highest BCUT2D eigenvalue weighted by Crippen LogP contribution is 2.13. The molecule has 3 aromatic rings. The van der Waals surface area contributed by atoms with Crippen molar-refractivity contribution in [3.63, 3.8) is 0 Å². The molecule has 1 heterocycles. The highest BCUT2D eigenvalue weighted by molar-refractivity contribution is 6.04. The summed E-state index contributed by atoms with van der Waals surface area (Å²) in [5.74, 6) is -0.328. The number of anilines is 1. The molecule has 0 aliphatic heterocycles. The number of nitrogens with one attached hydrogen (secondary N) is 2. The zero-order chi connectivity index (χ0) is 19.2. The van der Waals surface area contributed by atoms with Crippen LogP contribution in [0.2, 0.25) is 0 Å². The van der Waals surface area contributed by atoms with Crippen LogP contribution in [0.15, 0.2) is 61.2 Å². The Morgan fingerprint density at radius 2 is 1.93 bits per heavy atom. The van der Waals surface area contributed by atoms with Gasteiger partial charge in [0.1, 0.15) is 18.7 Å². The van der Waals surface area contributed by atoms with Crippen molar-refractivity contribution < 1.29 is 9.59 Å². The van der Waals surface area contributed by atoms with Gasteiger partial charge in [-0.3, -0.25) is 9.59 Å². The topological polar surface area (TPSA) is 88.9 Å². The molecule has 0 saturated heterocycles. The molecule has 7 nitrogen and oxygen atoms in total.